The van der Waals surface area contributed by atoms with Gasteiger partial charge in [-0.05, 0) is 58.5 Å². The molecule has 1 N–H and O–H groups in total. The first-order valence-electron chi connectivity index (χ1n) is 7.70. The van der Waals surface area contributed by atoms with Crippen LogP contribution in [0.5, 0.6) is 0 Å². The van der Waals surface area contributed by atoms with Crippen molar-refractivity contribution in [3.63, 3.8) is 0 Å². The predicted molar refractivity (Wildman–Crippen MR) is 92.2 cm³/mol. The Labute approximate surface area is 141 Å². The molecular formula is C17H16BrFN4. The maximum Gasteiger partial charge on any atom is 0.139 e. The Balaban J connectivity index is 1.55. The van der Waals surface area contributed by atoms with E-state index in [2.05, 4.69) is 36.0 Å². The summed E-state index contributed by atoms with van der Waals surface area (Å²) in [7, 11) is 0. The van der Waals surface area contributed by atoms with Crippen LogP contribution in [0.3, 0.4) is 0 Å². The summed E-state index contributed by atoms with van der Waals surface area (Å²) in [5.41, 5.74) is 1.98. The quantitative estimate of drug-likeness (QED) is 0.729. The van der Waals surface area contributed by atoms with Crippen LogP contribution in [0.4, 0.5) is 10.2 Å². The molecular weight excluding hydrogens is 359 g/mol. The second kappa shape index (κ2) is 5.92. The highest BCUT2D eigenvalue weighted by Crippen LogP contribution is 2.30. The molecule has 0 unspecified atom stereocenters. The van der Waals surface area contributed by atoms with E-state index in [1.165, 1.54) is 11.6 Å². The zero-order valence-corrected chi connectivity index (χ0v) is 14.1. The van der Waals surface area contributed by atoms with Crippen LogP contribution in [0, 0.1) is 5.82 Å². The third-order valence-electron chi connectivity index (χ3n) is 4.53. The number of benzene rings is 1. The van der Waals surface area contributed by atoms with Crippen molar-refractivity contribution >= 4 is 32.7 Å². The molecule has 0 spiro atoms. The minimum absolute atomic E-state index is 0.277. The fraction of sp³-hybridized carbons (Fsp3) is 0.294. The zero-order chi connectivity index (χ0) is 15.8. The van der Waals surface area contributed by atoms with Gasteiger partial charge in [0.2, 0.25) is 0 Å². The maximum absolute atomic E-state index is 13.7. The van der Waals surface area contributed by atoms with Gasteiger partial charge in [0.25, 0.3) is 0 Å². The second-order valence-corrected chi connectivity index (χ2v) is 6.78. The van der Waals surface area contributed by atoms with Gasteiger partial charge in [0, 0.05) is 30.7 Å². The minimum Gasteiger partial charge on any atom is -0.357 e. The number of aromatic nitrogens is 3. The van der Waals surface area contributed by atoms with Crippen molar-refractivity contribution in [1.29, 1.82) is 0 Å². The number of rotatable bonds is 2. The van der Waals surface area contributed by atoms with Crippen molar-refractivity contribution in [2.45, 2.75) is 18.8 Å². The summed E-state index contributed by atoms with van der Waals surface area (Å²) in [6.45, 7) is 1.90. The third kappa shape index (κ3) is 2.83. The summed E-state index contributed by atoms with van der Waals surface area (Å²) in [5, 5.41) is 7.86. The molecule has 1 saturated heterocycles. The van der Waals surface area contributed by atoms with Crippen LogP contribution in [0.2, 0.25) is 0 Å². The minimum atomic E-state index is -0.277. The van der Waals surface area contributed by atoms with Crippen molar-refractivity contribution in [2.75, 3.05) is 18.0 Å². The molecule has 23 heavy (non-hydrogen) atoms. The van der Waals surface area contributed by atoms with Crippen LogP contribution in [0.25, 0.3) is 10.9 Å². The van der Waals surface area contributed by atoms with Crippen LogP contribution in [0.1, 0.15) is 24.3 Å². The van der Waals surface area contributed by atoms with E-state index >= 15 is 0 Å². The van der Waals surface area contributed by atoms with E-state index in [1.54, 1.807) is 6.07 Å². The number of nitrogens with zero attached hydrogens (tertiary/aromatic N) is 3. The topological polar surface area (TPSA) is 44.8 Å². The van der Waals surface area contributed by atoms with E-state index in [-0.39, 0.29) is 5.82 Å². The van der Waals surface area contributed by atoms with Crippen molar-refractivity contribution < 1.29 is 4.39 Å². The first-order chi connectivity index (χ1) is 11.2. The number of H-pyrrole nitrogens is 1. The lowest BCUT2D eigenvalue weighted by molar-refractivity contribution is 0.503. The van der Waals surface area contributed by atoms with E-state index in [9.17, 15) is 4.39 Å². The normalized spacial score (nSPS) is 16.2. The fourth-order valence-electron chi connectivity index (χ4n) is 3.21. The number of fused-ring (bicyclic) bond motifs is 1. The molecule has 4 rings (SSSR count). The van der Waals surface area contributed by atoms with Gasteiger partial charge < -0.3 is 4.90 Å². The average molecular weight is 375 g/mol. The van der Waals surface area contributed by atoms with Gasteiger partial charge in [0.15, 0.2) is 0 Å². The second-order valence-electron chi connectivity index (χ2n) is 5.92. The van der Waals surface area contributed by atoms with Gasteiger partial charge in [0.1, 0.15) is 11.6 Å². The molecule has 1 aliphatic rings. The van der Waals surface area contributed by atoms with Crippen molar-refractivity contribution in [1.82, 2.24) is 15.2 Å². The number of nitrogens with one attached hydrogen (secondary N) is 1. The average Bonchev–Trinajstić information content (AvgIpc) is 3.10. The fourth-order valence-corrected chi connectivity index (χ4v) is 3.57. The molecule has 0 atom stereocenters. The van der Waals surface area contributed by atoms with Crippen molar-refractivity contribution in [3.05, 3.63) is 52.5 Å². The van der Waals surface area contributed by atoms with Gasteiger partial charge in [-0.25, -0.2) is 9.37 Å². The Bertz CT molecular complexity index is 826. The zero-order valence-electron chi connectivity index (χ0n) is 12.5. The van der Waals surface area contributed by atoms with Crippen molar-refractivity contribution in [3.8, 4) is 0 Å². The van der Waals surface area contributed by atoms with E-state index in [4.69, 9.17) is 0 Å². The SMILES string of the molecule is Fc1cc2nc(N3CCC(c4cn[nH]c4)CC3)ccc2cc1Br. The van der Waals surface area contributed by atoms with Crippen LogP contribution in [-0.2, 0) is 0 Å². The lowest BCUT2D eigenvalue weighted by Gasteiger charge is -2.32. The number of hydrogen-bond acceptors (Lipinski definition) is 3. The number of piperidine rings is 1. The van der Waals surface area contributed by atoms with Crippen LogP contribution in [-0.4, -0.2) is 28.3 Å². The highest BCUT2D eigenvalue weighted by Gasteiger charge is 2.22. The molecule has 0 radical (unpaired) electrons. The Morgan fingerprint density at radius 3 is 2.78 bits per heavy atom. The van der Waals surface area contributed by atoms with Gasteiger partial charge in [-0.3, -0.25) is 5.10 Å². The summed E-state index contributed by atoms with van der Waals surface area (Å²) >= 11 is 3.22. The molecule has 0 aliphatic carbocycles. The van der Waals surface area contributed by atoms with Crippen molar-refractivity contribution in [2.24, 2.45) is 0 Å². The first-order valence-corrected chi connectivity index (χ1v) is 8.49. The highest BCUT2D eigenvalue weighted by atomic mass is 79.9. The summed E-state index contributed by atoms with van der Waals surface area (Å²) in [6, 6.07) is 7.28. The Kier molecular flexibility index (Phi) is 3.77. The number of halogens is 2. The van der Waals surface area contributed by atoms with Gasteiger partial charge in [-0.1, -0.05) is 0 Å². The first kappa shape index (κ1) is 14.6. The number of aromatic amines is 1. The maximum atomic E-state index is 13.7. The number of anilines is 1. The predicted octanol–water partition coefficient (Wildman–Crippen LogP) is 4.24. The summed E-state index contributed by atoms with van der Waals surface area (Å²) in [6.07, 6.45) is 6.05. The molecule has 0 saturated carbocycles. The summed E-state index contributed by atoms with van der Waals surface area (Å²) < 4.78 is 14.2. The van der Waals surface area contributed by atoms with E-state index in [0.29, 0.717) is 15.9 Å². The lowest BCUT2D eigenvalue weighted by Crippen LogP contribution is -2.33. The standard InChI is InChI=1S/C17H16BrFN4/c18-14-7-12-1-2-17(22-16(12)8-15(14)19)23-5-3-11(4-6-23)13-9-20-21-10-13/h1-2,7-11H,3-6H2,(H,20,21). The van der Waals surface area contributed by atoms with Crippen LogP contribution < -0.4 is 4.90 Å². The lowest BCUT2D eigenvalue weighted by atomic mass is 9.91. The molecule has 1 aliphatic heterocycles. The Hall–Kier alpha value is -1.95. The molecule has 2 aromatic heterocycles. The molecule has 1 fully saturated rings. The van der Waals surface area contributed by atoms with Crippen LogP contribution in [0.15, 0.2) is 41.1 Å². The largest absolute Gasteiger partial charge is 0.357 e. The molecule has 0 bridgehead atoms. The molecule has 0 amide bonds. The van der Waals surface area contributed by atoms with E-state index in [0.717, 1.165) is 37.1 Å². The van der Waals surface area contributed by atoms with Gasteiger partial charge in [0.05, 0.1) is 16.2 Å². The smallest absolute Gasteiger partial charge is 0.139 e. The Morgan fingerprint density at radius 2 is 2.04 bits per heavy atom. The monoisotopic (exact) mass is 374 g/mol. The summed E-state index contributed by atoms with van der Waals surface area (Å²) in [4.78, 5) is 6.91. The van der Waals surface area contributed by atoms with Crippen LogP contribution >= 0.6 is 15.9 Å². The van der Waals surface area contributed by atoms with Gasteiger partial charge in [-0.15, -0.1) is 0 Å². The molecule has 3 aromatic rings. The molecule has 6 heteroatoms. The summed E-state index contributed by atoms with van der Waals surface area (Å²) in [5.74, 6) is 1.20. The van der Waals surface area contributed by atoms with E-state index < -0.39 is 0 Å². The molecule has 1 aromatic carbocycles. The van der Waals surface area contributed by atoms with Gasteiger partial charge >= 0.3 is 0 Å². The molecule has 118 valence electrons. The molecule has 3 heterocycles. The molecule has 4 nitrogen and oxygen atoms in total. The Morgan fingerprint density at radius 1 is 1.22 bits per heavy atom. The number of hydrogen-bond donors (Lipinski definition) is 1. The third-order valence-corrected chi connectivity index (χ3v) is 5.13. The van der Waals surface area contributed by atoms with E-state index in [1.807, 2.05) is 24.5 Å². The highest BCUT2D eigenvalue weighted by molar-refractivity contribution is 9.10. The van der Waals surface area contributed by atoms with Gasteiger partial charge in [-0.2, -0.15) is 5.10 Å². The number of pyridine rings is 1.